The van der Waals surface area contributed by atoms with E-state index < -0.39 is 5.97 Å². The molecule has 0 aliphatic carbocycles. The van der Waals surface area contributed by atoms with Crippen LogP contribution in [0.5, 0.6) is 0 Å². The average Bonchev–Trinajstić information content (AvgIpc) is 2.97. The average molecular weight is 301 g/mol. The zero-order valence-electron chi connectivity index (χ0n) is 13.1. The predicted octanol–water partition coefficient (Wildman–Crippen LogP) is 1.95. The van der Waals surface area contributed by atoms with Crippen molar-refractivity contribution in [3.63, 3.8) is 0 Å². The smallest absolute Gasteiger partial charge is 0.356 e. The number of hydrogen-bond acceptors (Lipinski definition) is 4. The van der Waals surface area contributed by atoms with Gasteiger partial charge in [0.05, 0.1) is 13.2 Å². The summed E-state index contributed by atoms with van der Waals surface area (Å²) in [6.45, 7) is 3.92. The van der Waals surface area contributed by atoms with E-state index >= 15 is 0 Å². The standard InChI is InChI=1S/C16H19N3O3/c1-10-6-5-7-12(8-10)11(2)19-14(16(21)22-4)9-13(18-19)15(20)17-3/h5-9,11H,1-4H3,(H,17,20)/t11-/m0/s1. The van der Waals surface area contributed by atoms with Crippen LogP contribution in [0.1, 0.15) is 45.1 Å². The number of rotatable bonds is 4. The maximum Gasteiger partial charge on any atom is 0.356 e. The van der Waals surface area contributed by atoms with Crippen molar-refractivity contribution in [3.05, 3.63) is 52.8 Å². The van der Waals surface area contributed by atoms with Crippen molar-refractivity contribution in [1.82, 2.24) is 15.1 Å². The van der Waals surface area contributed by atoms with Gasteiger partial charge in [0.1, 0.15) is 5.69 Å². The summed E-state index contributed by atoms with van der Waals surface area (Å²) < 4.78 is 6.30. The molecule has 116 valence electrons. The van der Waals surface area contributed by atoms with Crippen molar-refractivity contribution in [1.29, 1.82) is 0 Å². The molecule has 0 radical (unpaired) electrons. The Labute approximate surface area is 129 Å². The minimum Gasteiger partial charge on any atom is -0.464 e. The van der Waals surface area contributed by atoms with Crippen molar-refractivity contribution in [3.8, 4) is 0 Å². The van der Waals surface area contributed by atoms with Crippen molar-refractivity contribution in [2.45, 2.75) is 19.9 Å². The van der Waals surface area contributed by atoms with Gasteiger partial charge in [-0.05, 0) is 19.4 Å². The lowest BCUT2D eigenvalue weighted by Gasteiger charge is -2.15. The topological polar surface area (TPSA) is 73.2 Å². The van der Waals surface area contributed by atoms with Crippen LogP contribution in [0.3, 0.4) is 0 Å². The van der Waals surface area contributed by atoms with Gasteiger partial charge in [0.25, 0.3) is 5.91 Å². The molecule has 1 atom stereocenters. The summed E-state index contributed by atoms with van der Waals surface area (Å²) in [4.78, 5) is 23.7. The molecule has 6 nitrogen and oxygen atoms in total. The number of methoxy groups -OCH3 is 1. The zero-order chi connectivity index (χ0) is 16.3. The summed E-state index contributed by atoms with van der Waals surface area (Å²) in [6.07, 6.45) is 0. The second-order valence-electron chi connectivity index (χ2n) is 5.02. The minimum atomic E-state index is -0.526. The fourth-order valence-electron chi connectivity index (χ4n) is 2.26. The number of amides is 1. The first-order chi connectivity index (χ1) is 10.5. The van der Waals surface area contributed by atoms with Crippen LogP contribution in [0.4, 0.5) is 0 Å². The van der Waals surface area contributed by atoms with Crippen molar-refractivity contribution in [2.75, 3.05) is 14.2 Å². The van der Waals surface area contributed by atoms with Gasteiger partial charge in [-0.1, -0.05) is 29.8 Å². The largest absolute Gasteiger partial charge is 0.464 e. The molecule has 1 heterocycles. The Hall–Kier alpha value is -2.63. The summed E-state index contributed by atoms with van der Waals surface area (Å²) >= 11 is 0. The first-order valence-electron chi connectivity index (χ1n) is 6.94. The quantitative estimate of drug-likeness (QED) is 0.876. The van der Waals surface area contributed by atoms with Gasteiger partial charge in [-0.15, -0.1) is 0 Å². The predicted molar refractivity (Wildman–Crippen MR) is 81.9 cm³/mol. The van der Waals surface area contributed by atoms with Crippen molar-refractivity contribution >= 4 is 11.9 Å². The molecule has 0 unspecified atom stereocenters. The first-order valence-corrected chi connectivity index (χ1v) is 6.94. The minimum absolute atomic E-state index is 0.183. The molecule has 2 rings (SSSR count). The van der Waals surface area contributed by atoms with Crippen LogP contribution in [-0.2, 0) is 4.74 Å². The molecule has 1 amide bonds. The number of carbonyl (C=O) groups excluding carboxylic acids is 2. The summed E-state index contributed by atoms with van der Waals surface area (Å²) in [5, 5.41) is 6.76. The van der Waals surface area contributed by atoms with Gasteiger partial charge in [0, 0.05) is 13.1 Å². The summed E-state index contributed by atoms with van der Waals surface area (Å²) in [7, 11) is 2.82. The molecular formula is C16H19N3O3. The second-order valence-corrected chi connectivity index (χ2v) is 5.02. The normalized spacial score (nSPS) is 11.8. The Kier molecular flexibility index (Phi) is 4.60. The monoisotopic (exact) mass is 301 g/mol. The molecule has 0 saturated carbocycles. The Bertz CT molecular complexity index is 706. The number of benzene rings is 1. The molecular weight excluding hydrogens is 282 g/mol. The number of nitrogens with zero attached hydrogens (tertiary/aromatic N) is 2. The summed E-state index contributed by atoms with van der Waals surface area (Å²) in [6, 6.07) is 9.16. The molecule has 0 saturated heterocycles. The summed E-state index contributed by atoms with van der Waals surface area (Å²) in [5.74, 6) is -0.873. The van der Waals surface area contributed by atoms with Gasteiger partial charge in [-0.2, -0.15) is 5.10 Å². The molecule has 1 N–H and O–H groups in total. The number of hydrogen-bond donors (Lipinski definition) is 1. The zero-order valence-corrected chi connectivity index (χ0v) is 13.1. The van der Waals surface area contributed by atoms with E-state index in [-0.39, 0.29) is 23.3 Å². The number of esters is 1. The van der Waals surface area contributed by atoms with Crippen LogP contribution in [0, 0.1) is 6.92 Å². The van der Waals surface area contributed by atoms with E-state index in [9.17, 15) is 9.59 Å². The van der Waals surface area contributed by atoms with Crippen molar-refractivity contribution < 1.29 is 14.3 Å². The molecule has 0 spiro atoms. The Morgan fingerprint density at radius 1 is 1.32 bits per heavy atom. The fourth-order valence-corrected chi connectivity index (χ4v) is 2.26. The van der Waals surface area contributed by atoms with E-state index in [1.165, 1.54) is 24.9 Å². The SMILES string of the molecule is CNC(=O)c1cc(C(=O)OC)n([C@@H](C)c2cccc(C)c2)n1. The van der Waals surface area contributed by atoms with E-state index in [1.54, 1.807) is 0 Å². The third-order valence-electron chi connectivity index (χ3n) is 3.48. The fraction of sp³-hybridized carbons (Fsp3) is 0.312. The van der Waals surface area contributed by atoms with E-state index in [1.807, 2.05) is 38.1 Å². The van der Waals surface area contributed by atoms with Crippen LogP contribution in [0.25, 0.3) is 0 Å². The maximum absolute atomic E-state index is 11.9. The van der Waals surface area contributed by atoms with E-state index in [2.05, 4.69) is 10.4 Å². The highest BCUT2D eigenvalue weighted by Gasteiger charge is 2.23. The molecule has 0 bridgehead atoms. The van der Waals surface area contributed by atoms with Gasteiger partial charge >= 0.3 is 5.97 Å². The second kappa shape index (κ2) is 6.43. The number of ether oxygens (including phenoxy) is 1. The van der Waals surface area contributed by atoms with Crippen molar-refractivity contribution in [2.24, 2.45) is 0 Å². The third-order valence-corrected chi connectivity index (χ3v) is 3.48. The van der Waals surface area contributed by atoms with E-state index in [4.69, 9.17) is 4.74 Å². The number of aryl methyl sites for hydroxylation is 1. The Morgan fingerprint density at radius 2 is 2.05 bits per heavy atom. The molecule has 22 heavy (non-hydrogen) atoms. The van der Waals surface area contributed by atoms with Crippen LogP contribution in [0.2, 0.25) is 0 Å². The molecule has 1 aromatic heterocycles. The number of aromatic nitrogens is 2. The van der Waals surface area contributed by atoms with Gasteiger partial charge < -0.3 is 10.1 Å². The molecule has 0 fully saturated rings. The summed E-state index contributed by atoms with van der Waals surface area (Å²) in [5.41, 5.74) is 2.54. The lowest BCUT2D eigenvalue weighted by atomic mass is 10.1. The van der Waals surface area contributed by atoms with Crippen LogP contribution in [-0.4, -0.2) is 35.8 Å². The highest BCUT2D eigenvalue weighted by molar-refractivity contribution is 5.95. The van der Waals surface area contributed by atoms with E-state index in [0.717, 1.165) is 11.1 Å². The van der Waals surface area contributed by atoms with Gasteiger partial charge in [0.2, 0.25) is 0 Å². The van der Waals surface area contributed by atoms with Gasteiger partial charge in [-0.3, -0.25) is 9.48 Å². The molecule has 0 aliphatic rings. The lowest BCUT2D eigenvalue weighted by molar-refractivity contribution is 0.0585. The highest BCUT2D eigenvalue weighted by Crippen LogP contribution is 2.21. The third kappa shape index (κ3) is 3.00. The van der Waals surface area contributed by atoms with Gasteiger partial charge in [0.15, 0.2) is 5.69 Å². The molecule has 1 aromatic carbocycles. The Morgan fingerprint density at radius 3 is 2.64 bits per heavy atom. The number of nitrogens with one attached hydrogen (secondary N) is 1. The Balaban J connectivity index is 2.50. The molecule has 2 aromatic rings. The number of carbonyl (C=O) groups is 2. The van der Waals surface area contributed by atoms with E-state index in [0.29, 0.717) is 0 Å². The molecule has 0 aliphatic heterocycles. The molecule has 6 heteroatoms. The van der Waals surface area contributed by atoms with Gasteiger partial charge in [-0.25, -0.2) is 4.79 Å². The lowest BCUT2D eigenvalue weighted by Crippen LogP contribution is -2.19. The maximum atomic E-state index is 11.9. The van der Waals surface area contributed by atoms with Crippen LogP contribution >= 0.6 is 0 Å². The van der Waals surface area contributed by atoms with Crippen LogP contribution in [0.15, 0.2) is 30.3 Å². The van der Waals surface area contributed by atoms with Crippen LogP contribution < -0.4 is 5.32 Å². The highest BCUT2D eigenvalue weighted by atomic mass is 16.5. The first kappa shape index (κ1) is 15.8.